The van der Waals surface area contributed by atoms with Gasteiger partial charge < -0.3 is 23.7 Å². The van der Waals surface area contributed by atoms with Crippen molar-refractivity contribution in [2.45, 2.75) is 19.9 Å². The highest BCUT2D eigenvalue weighted by Gasteiger charge is 2.36. The van der Waals surface area contributed by atoms with E-state index in [0.29, 0.717) is 51.1 Å². The molecule has 1 atom stereocenters. The second-order valence-corrected chi connectivity index (χ2v) is 10.7. The quantitative estimate of drug-likeness (QED) is 0.166. The molecule has 1 aliphatic heterocycles. The van der Waals surface area contributed by atoms with E-state index < -0.39 is 12.0 Å². The topological polar surface area (TPSA) is 97.6 Å². The summed E-state index contributed by atoms with van der Waals surface area (Å²) in [6.45, 7) is 8.28. The number of hydrogen-bond donors (Lipinski definition) is 0. The first kappa shape index (κ1) is 30.3. The predicted molar refractivity (Wildman–Crippen MR) is 161 cm³/mol. The Morgan fingerprint density at radius 3 is 2.66 bits per heavy atom. The van der Waals surface area contributed by atoms with E-state index in [1.54, 1.807) is 38.3 Å². The van der Waals surface area contributed by atoms with Crippen LogP contribution in [0, 0.1) is 0 Å². The number of nitrogens with zero attached hydrogens (tertiary/aromatic N) is 2. The van der Waals surface area contributed by atoms with Crippen LogP contribution in [0.5, 0.6) is 17.2 Å². The second kappa shape index (κ2) is 13.8. The summed E-state index contributed by atoms with van der Waals surface area (Å²) in [5.74, 6) is 0.994. The van der Waals surface area contributed by atoms with Crippen LogP contribution in [0.15, 0.2) is 74.6 Å². The molecule has 9 nitrogen and oxygen atoms in total. The number of ether oxygens (including phenoxy) is 5. The monoisotopic (exact) mass is 642 g/mol. The molecule has 41 heavy (non-hydrogen) atoms. The van der Waals surface area contributed by atoms with Crippen LogP contribution >= 0.6 is 27.3 Å². The molecular weight excluding hydrogens is 612 g/mol. The van der Waals surface area contributed by atoms with Gasteiger partial charge in [0.05, 0.1) is 40.6 Å². The van der Waals surface area contributed by atoms with E-state index >= 15 is 0 Å². The van der Waals surface area contributed by atoms with Crippen LogP contribution in [-0.4, -0.2) is 51.2 Å². The smallest absolute Gasteiger partial charge is 0.338 e. The summed E-state index contributed by atoms with van der Waals surface area (Å²) in [5, 5.41) is 0. The van der Waals surface area contributed by atoms with Crippen LogP contribution in [0.1, 0.15) is 31.0 Å². The number of aromatic nitrogens is 1. The van der Waals surface area contributed by atoms with E-state index in [2.05, 4.69) is 27.5 Å². The molecule has 0 unspecified atom stereocenters. The van der Waals surface area contributed by atoms with Crippen molar-refractivity contribution in [2.75, 3.05) is 40.6 Å². The van der Waals surface area contributed by atoms with Crippen molar-refractivity contribution >= 4 is 39.3 Å². The van der Waals surface area contributed by atoms with Crippen molar-refractivity contribution in [2.24, 2.45) is 4.99 Å². The molecule has 216 valence electrons. The summed E-state index contributed by atoms with van der Waals surface area (Å²) in [6, 6.07) is 10.1. The van der Waals surface area contributed by atoms with E-state index in [1.165, 1.54) is 23.0 Å². The third-order valence-electron chi connectivity index (χ3n) is 6.19. The van der Waals surface area contributed by atoms with Crippen molar-refractivity contribution in [1.29, 1.82) is 0 Å². The highest BCUT2D eigenvalue weighted by molar-refractivity contribution is 9.10. The molecule has 0 fully saturated rings. The van der Waals surface area contributed by atoms with Gasteiger partial charge in [-0.15, -0.1) is 0 Å². The highest BCUT2D eigenvalue weighted by atomic mass is 79.9. The van der Waals surface area contributed by atoms with Gasteiger partial charge in [-0.2, -0.15) is 0 Å². The first-order valence-corrected chi connectivity index (χ1v) is 14.5. The normalized spacial score (nSPS) is 14.8. The standard InChI is InChI=1S/C30H31BrN2O7S/c1-6-13-39-22-12-11-19(16-21(22)31)17-24-28(34)33-26(20-9-8-10-23(37-5)27(20)38-7-2)25(18(3)32-30(33)41-24)29(35)40-15-14-36-4/h6,8-12,16-17,26H,1,7,13-15H2,2-5H3/b24-17+/t26-/m1/s1. The van der Waals surface area contributed by atoms with Gasteiger partial charge in [0.25, 0.3) is 5.56 Å². The lowest BCUT2D eigenvalue weighted by molar-refractivity contribution is -0.140. The molecule has 1 aliphatic rings. The van der Waals surface area contributed by atoms with Gasteiger partial charge in [0, 0.05) is 12.7 Å². The molecule has 0 aliphatic carbocycles. The summed E-state index contributed by atoms with van der Waals surface area (Å²) in [6.07, 6.45) is 3.45. The Kier molecular flexibility index (Phi) is 10.2. The average Bonchev–Trinajstić information content (AvgIpc) is 3.26. The van der Waals surface area contributed by atoms with Crippen LogP contribution < -0.4 is 29.1 Å². The van der Waals surface area contributed by atoms with Gasteiger partial charge in [0.2, 0.25) is 0 Å². The predicted octanol–water partition coefficient (Wildman–Crippen LogP) is 4.16. The number of allylic oxidation sites excluding steroid dienone is 1. The molecule has 0 saturated heterocycles. The minimum absolute atomic E-state index is 0.0566. The largest absolute Gasteiger partial charge is 0.493 e. The summed E-state index contributed by atoms with van der Waals surface area (Å²) < 4.78 is 30.5. The lowest BCUT2D eigenvalue weighted by atomic mass is 9.94. The zero-order valence-corrected chi connectivity index (χ0v) is 25.7. The Bertz CT molecular complexity index is 1660. The van der Waals surface area contributed by atoms with E-state index in [-0.39, 0.29) is 24.3 Å². The molecular formula is C30H31BrN2O7S. The van der Waals surface area contributed by atoms with Crippen molar-refractivity contribution < 1.29 is 28.5 Å². The van der Waals surface area contributed by atoms with E-state index in [9.17, 15) is 9.59 Å². The lowest BCUT2D eigenvalue weighted by Crippen LogP contribution is -2.40. The summed E-state index contributed by atoms with van der Waals surface area (Å²) >= 11 is 4.77. The Balaban J connectivity index is 1.91. The van der Waals surface area contributed by atoms with Crippen LogP contribution in [-0.2, 0) is 14.3 Å². The zero-order chi connectivity index (χ0) is 29.5. The molecule has 0 N–H and O–H groups in total. The maximum atomic E-state index is 14.0. The molecule has 3 aromatic rings. The number of para-hydroxylation sites is 1. The minimum atomic E-state index is -0.860. The molecule has 0 amide bonds. The first-order chi connectivity index (χ1) is 19.8. The van der Waals surface area contributed by atoms with Crippen LogP contribution in [0.25, 0.3) is 6.08 Å². The molecule has 11 heteroatoms. The Morgan fingerprint density at radius 2 is 1.98 bits per heavy atom. The summed E-state index contributed by atoms with van der Waals surface area (Å²) in [4.78, 5) is 32.6. The second-order valence-electron chi connectivity index (χ2n) is 8.81. The van der Waals surface area contributed by atoms with Gasteiger partial charge in [-0.1, -0.05) is 42.2 Å². The fourth-order valence-electron chi connectivity index (χ4n) is 4.40. The van der Waals surface area contributed by atoms with E-state index in [4.69, 9.17) is 23.7 Å². The fourth-order valence-corrected chi connectivity index (χ4v) is 5.96. The van der Waals surface area contributed by atoms with E-state index in [0.717, 1.165) is 10.0 Å². The number of hydrogen-bond acceptors (Lipinski definition) is 9. The summed E-state index contributed by atoms with van der Waals surface area (Å²) in [7, 11) is 3.07. The van der Waals surface area contributed by atoms with E-state index in [1.807, 2.05) is 31.2 Å². The number of fused-ring (bicyclic) bond motifs is 1. The van der Waals surface area contributed by atoms with Crippen LogP contribution in [0.2, 0.25) is 0 Å². The minimum Gasteiger partial charge on any atom is -0.493 e. The van der Waals surface area contributed by atoms with Gasteiger partial charge in [-0.25, -0.2) is 9.79 Å². The third kappa shape index (κ3) is 6.47. The number of rotatable bonds is 12. The molecule has 1 aromatic heterocycles. The maximum Gasteiger partial charge on any atom is 0.338 e. The number of thiazole rings is 1. The van der Waals surface area contributed by atoms with Gasteiger partial charge in [-0.3, -0.25) is 9.36 Å². The van der Waals surface area contributed by atoms with Crippen LogP contribution in [0.3, 0.4) is 0 Å². The first-order valence-electron chi connectivity index (χ1n) is 12.9. The molecule has 0 radical (unpaired) electrons. The molecule has 0 saturated carbocycles. The van der Waals surface area contributed by atoms with Crippen molar-refractivity contribution in [1.82, 2.24) is 4.57 Å². The van der Waals surface area contributed by atoms with Crippen LogP contribution in [0.4, 0.5) is 0 Å². The molecule has 0 bridgehead atoms. The Labute approximate surface area is 250 Å². The van der Waals surface area contributed by atoms with Gasteiger partial charge in [-0.05, 0) is 59.6 Å². The zero-order valence-electron chi connectivity index (χ0n) is 23.3. The van der Waals surface area contributed by atoms with Crippen molar-refractivity contribution in [3.8, 4) is 17.2 Å². The fraction of sp³-hybridized carbons (Fsp3) is 0.300. The molecule has 0 spiro atoms. The number of halogens is 1. The lowest BCUT2D eigenvalue weighted by Gasteiger charge is -2.27. The highest BCUT2D eigenvalue weighted by Crippen LogP contribution is 2.40. The van der Waals surface area contributed by atoms with Crippen molar-refractivity contribution in [3.05, 3.63) is 95.6 Å². The Morgan fingerprint density at radius 1 is 1.17 bits per heavy atom. The summed E-state index contributed by atoms with van der Waals surface area (Å²) in [5.41, 5.74) is 1.75. The van der Waals surface area contributed by atoms with Crippen molar-refractivity contribution in [3.63, 3.8) is 0 Å². The maximum absolute atomic E-state index is 14.0. The number of methoxy groups -OCH3 is 2. The molecule has 2 aromatic carbocycles. The SMILES string of the molecule is C=CCOc1ccc(/C=c2/sc3n(c2=O)[C@H](c2cccc(OC)c2OCC)C(C(=O)OCCOC)=C(C)N=3)cc1Br. The number of esters is 1. The van der Waals surface area contributed by atoms with Gasteiger partial charge >= 0.3 is 5.97 Å². The van der Waals surface area contributed by atoms with Gasteiger partial charge in [0.1, 0.15) is 25.0 Å². The number of carbonyl (C=O) groups is 1. The third-order valence-corrected chi connectivity index (χ3v) is 7.79. The molecule has 2 heterocycles. The Hall–Kier alpha value is -3.67. The number of carbonyl (C=O) groups excluding carboxylic acids is 1. The van der Waals surface area contributed by atoms with Gasteiger partial charge in [0.15, 0.2) is 16.3 Å². The average molecular weight is 644 g/mol. The molecule has 4 rings (SSSR count). The number of benzene rings is 2.